The maximum atomic E-state index is 12.8. The monoisotopic (exact) mass is 921 g/mol. The fraction of sp³-hybridized carbons (Fsp3) is 0.830. The summed E-state index contributed by atoms with van der Waals surface area (Å²) < 4.78 is 21.8. The first-order chi connectivity index (χ1) is 31.3. The van der Waals surface area contributed by atoms with Crippen LogP contribution in [0.2, 0.25) is 0 Å². The number of aliphatic hydroxyl groups excluding tert-OH is 1. The van der Waals surface area contributed by atoms with E-state index >= 15 is 0 Å². The van der Waals surface area contributed by atoms with Gasteiger partial charge in [0.2, 0.25) is 5.91 Å². The molecule has 0 aliphatic heterocycles. The predicted octanol–water partition coefficient (Wildman–Crippen LogP) is 11.4. The molecule has 378 valence electrons. The molecule has 0 rings (SSSR count). The average Bonchev–Trinajstić information content (AvgIpc) is 3.28. The van der Waals surface area contributed by atoms with Crippen molar-refractivity contribution in [1.82, 2.24) is 10.2 Å². The van der Waals surface area contributed by atoms with Gasteiger partial charge < -0.3 is 34.3 Å². The van der Waals surface area contributed by atoms with Crippen LogP contribution in [0.25, 0.3) is 0 Å². The molecule has 0 radical (unpaired) electrons. The Morgan fingerprint density at radius 1 is 0.523 bits per heavy atom. The van der Waals surface area contributed by atoms with Crippen molar-refractivity contribution in [2.24, 2.45) is 5.41 Å². The van der Waals surface area contributed by atoms with E-state index in [1.54, 1.807) is 13.8 Å². The second-order valence-electron chi connectivity index (χ2n) is 18.8. The highest BCUT2D eigenvalue weighted by atomic mass is 16.6. The Labute approximate surface area is 396 Å². The minimum absolute atomic E-state index is 0.113. The summed E-state index contributed by atoms with van der Waals surface area (Å²) in [6.07, 6.45) is 37.3. The van der Waals surface area contributed by atoms with Crippen LogP contribution >= 0.6 is 0 Å². The molecule has 1 amide bonds. The average molecular weight is 921 g/mol. The number of allylic oxidation sites excluding steroid dienone is 4. The number of nitrogens with one attached hydrogen (secondary N) is 1. The molecule has 0 aromatic carbocycles. The fourth-order valence-electron chi connectivity index (χ4n) is 7.03. The van der Waals surface area contributed by atoms with Crippen molar-refractivity contribution in [2.45, 2.75) is 233 Å². The zero-order valence-electron chi connectivity index (χ0n) is 42.3. The number of carbonyl (C=O) groups is 5. The van der Waals surface area contributed by atoms with Crippen LogP contribution in [-0.4, -0.2) is 99.0 Å². The predicted molar refractivity (Wildman–Crippen MR) is 262 cm³/mol. The van der Waals surface area contributed by atoms with Gasteiger partial charge in [0, 0.05) is 31.3 Å². The summed E-state index contributed by atoms with van der Waals surface area (Å²) in [5.74, 6) is -2.63. The van der Waals surface area contributed by atoms with Crippen molar-refractivity contribution >= 4 is 29.8 Å². The highest BCUT2D eigenvalue weighted by Crippen LogP contribution is 2.22. The van der Waals surface area contributed by atoms with Crippen molar-refractivity contribution in [1.29, 1.82) is 0 Å². The van der Waals surface area contributed by atoms with Crippen LogP contribution in [0.1, 0.15) is 220 Å². The smallest absolute Gasteiger partial charge is 0.307 e. The van der Waals surface area contributed by atoms with E-state index in [0.717, 1.165) is 70.6 Å². The highest BCUT2D eigenvalue weighted by Gasteiger charge is 2.35. The quantitative estimate of drug-likeness (QED) is 0.0259. The Hall–Kier alpha value is -3.25. The van der Waals surface area contributed by atoms with Crippen molar-refractivity contribution in [2.75, 3.05) is 47.0 Å². The van der Waals surface area contributed by atoms with Gasteiger partial charge in [0.05, 0.1) is 19.4 Å². The summed E-state index contributed by atoms with van der Waals surface area (Å²) >= 11 is 0. The third-order valence-corrected chi connectivity index (χ3v) is 11.4. The maximum Gasteiger partial charge on any atom is 0.307 e. The van der Waals surface area contributed by atoms with Crippen LogP contribution in [0.5, 0.6) is 0 Å². The van der Waals surface area contributed by atoms with E-state index in [-0.39, 0.29) is 58.0 Å². The normalized spacial score (nSPS) is 12.7. The van der Waals surface area contributed by atoms with Crippen LogP contribution in [-0.2, 0) is 42.9 Å². The van der Waals surface area contributed by atoms with Gasteiger partial charge >= 0.3 is 23.9 Å². The van der Waals surface area contributed by atoms with Crippen LogP contribution in [0.4, 0.5) is 0 Å². The summed E-state index contributed by atoms with van der Waals surface area (Å²) in [6.45, 7) is 7.41. The lowest BCUT2D eigenvalue weighted by atomic mass is 9.87. The molecular formula is C53H96N2O10. The molecule has 12 heteroatoms. The number of hydrogen-bond donors (Lipinski definition) is 2. The Morgan fingerprint density at radius 2 is 0.908 bits per heavy atom. The van der Waals surface area contributed by atoms with Crippen LogP contribution in [0.15, 0.2) is 24.3 Å². The fourth-order valence-corrected chi connectivity index (χ4v) is 7.03. The zero-order valence-corrected chi connectivity index (χ0v) is 42.3. The Bertz CT molecular complexity index is 1270. The minimum Gasteiger partial charge on any atom is -0.465 e. The van der Waals surface area contributed by atoms with E-state index in [2.05, 4.69) is 43.5 Å². The topological polar surface area (TPSA) is 158 Å². The molecule has 0 fully saturated rings. The van der Waals surface area contributed by atoms with E-state index in [4.69, 9.17) is 18.9 Å². The summed E-state index contributed by atoms with van der Waals surface area (Å²) in [7, 11) is 3.68. The molecule has 2 atom stereocenters. The first-order valence-electron chi connectivity index (χ1n) is 25.9. The lowest BCUT2D eigenvalue weighted by molar-refractivity contribution is -0.167. The number of esters is 4. The third kappa shape index (κ3) is 40.7. The number of carbonyl (C=O) groups excluding carboxylic acids is 5. The lowest BCUT2D eigenvalue weighted by Crippen LogP contribution is -2.46. The Balaban J connectivity index is 4.73. The molecule has 0 aromatic rings. The van der Waals surface area contributed by atoms with E-state index < -0.39 is 41.4 Å². The van der Waals surface area contributed by atoms with Gasteiger partial charge in [-0.15, -0.1) is 0 Å². The number of unbranched alkanes of at least 4 members (excludes halogenated alkanes) is 22. The maximum absolute atomic E-state index is 12.8. The van der Waals surface area contributed by atoms with Crippen LogP contribution in [0, 0.1) is 5.41 Å². The van der Waals surface area contributed by atoms with Gasteiger partial charge in [-0.1, -0.05) is 155 Å². The van der Waals surface area contributed by atoms with Crippen molar-refractivity contribution < 1.29 is 48.0 Å². The first-order valence-corrected chi connectivity index (χ1v) is 25.9. The molecule has 0 bridgehead atoms. The molecule has 0 aromatic heterocycles. The van der Waals surface area contributed by atoms with Gasteiger partial charge in [-0.3, -0.25) is 24.0 Å². The van der Waals surface area contributed by atoms with Gasteiger partial charge in [-0.2, -0.15) is 0 Å². The number of hydrogen-bond acceptors (Lipinski definition) is 11. The number of nitrogens with zero attached hydrogens (tertiary/aromatic N) is 1. The second-order valence-corrected chi connectivity index (χ2v) is 18.8. The highest BCUT2D eigenvalue weighted by molar-refractivity contribution is 5.82. The Morgan fingerprint density at radius 3 is 1.35 bits per heavy atom. The Kier molecular flexibility index (Phi) is 41.2. The van der Waals surface area contributed by atoms with Crippen LogP contribution in [0.3, 0.4) is 0 Å². The SMILES string of the molecule is CCCCCCCC/C=C\CCCCCCCC(=O)OCC(COC(=O)CCNC(=O)C(O)C(C)(C)COC(=O)CCN(C)C)OC(=O)CCCCCCC/C=C\CCCCCCCC. The lowest BCUT2D eigenvalue weighted by Gasteiger charge is -2.29. The number of amides is 1. The van der Waals surface area contributed by atoms with Crippen molar-refractivity contribution in [3.8, 4) is 0 Å². The number of ether oxygens (including phenoxy) is 4. The molecule has 0 saturated heterocycles. The van der Waals surface area contributed by atoms with Gasteiger partial charge in [0.25, 0.3) is 0 Å². The van der Waals surface area contributed by atoms with Crippen molar-refractivity contribution in [3.63, 3.8) is 0 Å². The summed E-state index contributed by atoms with van der Waals surface area (Å²) in [6, 6.07) is 0. The van der Waals surface area contributed by atoms with Gasteiger partial charge in [0.1, 0.15) is 19.3 Å². The van der Waals surface area contributed by atoms with E-state index in [1.807, 2.05) is 19.0 Å². The van der Waals surface area contributed by atoms with Gasteiger partial charge in [0.15, 0.2) is 6.10 Å². The van der Waals surface area contributed by atoms with E-state index in [1.165, 1.54) is 83.5 Å². The van der Waals surface area contributed by atoms with Crippen LogP contribution < -0.4 is 5.32 Å². The molecule has 0 aliphatic rings. The molecule has 0 spiro atoms. The van der Waals surface area contributed by atoms with Crippen molar-refractivity contribution in [3.05, 3.63) is 24.3 Å². The van der Waals surface area contributed by atoms with E-state index in [9.17, 15) is 29.1 Å². The minimum atomic E-state index is -1.49. The summed E-state index contributed by atoms with van der Waals surface area (Å²) in [5, 5.41) is 13.2. The van der Waals surface area contributed by atoms with Gasteiger partial charge in [-0.05, 0) is 78.3 Å². The third-order valence-electron chi connectivity index (χ3n) is 11.4. The van der Waals surface area contributed by atoms with Gasteiger partial charge in [-0.25, -0.2) is 0 Å². The van der Waals surface area contributed by atoms with E-state index in [0.29, 0.717) is 19.4 Å². The first kappa shape index (κ1) is 61.8. The number of aliphatic hydroxyl groups is 1. The standard InChI is InChI=1S/C53H96N2O10/c1-7-9-11-13-15-17-19-21-23-25-27-29-31-33-35-37-47(56)62-43-46(65-50(59)38-36-34-32-30-28-26-24-22-20-18-16-14-12-10-8-2)44-63-48(57)39-41-54-52(61)51(60)53(3,4)45-64-49(58)40-42-55(5)6/h21-24,46,51,60H,7-20,25-45H2,1-6H3,(H,54,61)/b23-21-,24-22-. The molecule has 2 unspecified atom stereocenters. The summed E-state index contributed by atoms with van der Waals surface area (Å²) in [5.41, 5.74) is -1.07. The zero-order chi connectivity index (χ0) is 48.2. The summed E-state index contributed by atoms with van der Waals surface area (Å²) in [4.78, 5) is 64.6. The molecule has 0 aliphatic carbocycles. The number of rotatable bonds is 45. The second kappa shape index (κ2) is 43.3. The molecule has 12 nitrogen and oxygen atoms in total. The molecule has 2 N–H and O–H groups in total. The largest absolute Gasteiger partial charge is 0.465 e. The molecule has 0 saturated carbocycles. The molecular weight excluding hydrogens is 825 g/mol. The molecule has 65 heavy (non-hydrogen) atoms. The molecule has 0 heterocycles.